The number of methoxy groups -OCH3 is 1. The van der Waals surface area contributed by atoms with Crippen LogP contribution < -0.4 is 10.2 Å². The van der Waals surface area contributed by atoms with Crippen molar-refractivity contribution in [1.82, 2.24) is 9.99 Å². The lowest BCUT2D eigenvalue weighted by Crippen LogP contribution is -2.18. The third kappa shape index (κ3) is 3.68. The number of nitrogens with one attached hydrogen (secondary N) is 1. The zero-order chi connectivity index (χ0) is 20.3. The Morgan fingerprint density at radius 2 is 1.82 bits per heavy atom. The Hall–Kier alpha value is -3.74. The highest BCUT2D eigenvalue weighted by molar-refractivity contribution is 5.97. The van der Waals surface area contributed by atoms with E-state index in [0.717, 1.165) is 17.1 Å². The molecule has 1 amide bonds. The molecule has 0 fully saturated rings. The largest absolute Gasteiger partial charge is 0.507 e. The molecule has 3 rings (SSSR count). The fourth-order valence-electron chi connectivity index (χ4n) is 2.96. The minimum absolute atomic E-state index is 0.0762. The van der Waals surface area contributed by atoms with E-state index in [1.807, 2.05) is 30.5 Å². The maximum Gasteiger partial charge on any atom is 0.275 e. The van der Waals surface area contributed by atoms with Gasteiger partial charge in [-0.25, -0.2) is 5.43 Å². The van der Waals surface area contributed by atoms with Crippen LogP contribution in [0.4, 0.5) is 0 Å². The molecule has 2 aromatic carbocycles. The highest BCUT2D eigenvalue weighted by atomic mass is 16.5. The van der Waals surface area contributed by atoms with Crippen LogP contribution >= 0.6 is 0 Å². The van der Waals surface area contributed by atoms with Crippen molar-refractivity contribution in [3.05, 3.63) is 71.0 Å². The molecule has 0 atom stereocenters. The minimum atomic E-state index is -0.566. The van der Waals surface area contributed by atoms with E-state index in [2.05, 4.69) is 10.5 Å². The van der Waals surface area contributed by atoms with Gasteiger partial charge < -0.3 is 19.5 Å². The molecule has 0 radical (unpaired) electrons. The van der Waals surface area contributed by atoms with Crippen LogP contribution in [0.2, 0.25) is 0 Å². The molecule has 7 heteroatoms. The average molecular weight is 379 g/mol. The summed E-state index contributed by atoms with van der Waals surface area (Å²) >= 11 is 0. The highest BCUT2D eigenvalue weighted by Crippen LogP contribution is 2.28. The van der Waals surface area contributed by atoms with Gasteiger partial charge in [0, 0.05) is 28.7 Å². The van der Waals surface area contributed by atoms with Crippen molar-refractivity contribution in [2.45, 2.75) is 13.8 Å². The molecule has 3 N–H and O–H groups in total. The van der Waals surface area contributed by atoms with Crippen molar-refractivity contribution in [2.75, 3.05) is 7.11 Å². The molecule has 1 aromatic heterocycles. The van der Waals surface area contributed by atoms with Gasteiger partial charge in [0.25, 0.3) is 5.91 Å². The molecule has 0 unspecified atom stereocenters. The van der Waals surface area contributed by atoms with E-state index in [1.165, 1.54) is 25.5 Å². The number of aromatic nitrogens is 1. The number of carbonyl (C=O) groups excluding carboxylic acids is 1. The number of phenols is 2. The smallest absolute Gasteiger partial charge is 0.275 e. The molecule has 144 valence electrons. The Morgan fingerprint density at radius 3 is 2.46 bits per heavy atom. The van der Waals surface area contributed by atoms with Gasteiger partial charge >= 0.3 is 0 Å². The number of aryl methyl sites for hydroxylation is 2. The predicted octanol–water partition coefficient (Wildman–Crippen LogP) is 3.28. The Morgan fingerprint density at radius 1 is 1.11 bits per heavy atom. The molecule has 0 bridgehead atoms. The van der Waals surface area contributed by atoms with Crippen LogP contribution in [-0.2, 0) is 0 Å². The molecule has 0 saturated carbocycles. The molecule has 0 aliphatic rings. The van der Waals surface area contributed by atoms with E-state index < -0.39 is 5.91 Å². The van der Waals surface area contributed by atoms with Gasteiger partial charge in [-0.05, 0) is 50.2 Å². The first-order valence-electron chi connectivity index (χ1n) is 8.60. The van der Waals surface area contributed by atoms with Gasteiger partial charge in [-0.3, -0.25) is 4.79 Å². The van der Waals surface area contributed by atoms with Gasteiger partial charge in [-0.15, -0.1) is 0 Å². The third-order valence-corrected chi connectivity index (χ3v) is 4.38. The zero-order valence-electron chi connectivity index (χ0n) is 15.8. The number of phenolic OH excluding ortho intramolecular Hbond substituents is 2. The topological polar surface area (TPSA) is 96.1 Å². The fourth-order valence-corrected chi connectivity index (χ4v) is 2.96. The number of hydrogen-bond donors (Lipinski definition) is 3. The summed E-state index contributed by atoms with van der Waals surface area (Å²) in [5, 5.41) is 24.1. The molecule has 0 saturated heterocycles. The number of ether oxygens (including phenoxy) is 1. The monoisotopic (exact) mass is 379 g/mol. The van der Waals surface area contributed by atoms with Gasteiger partial charge in [-0.1, -0.05) is 6.07 Å². The van der Waals surface area contributed by atoms with Gasteiger partial charge in [0.05, 0.1) is 18.9 Å². The van der Waals surface area contributed by atoms with Gasteiger partial charge in [0.2, 0.25) is 0 Å². The van der Waals surface area contributed by atoms with E-state index >= 15 is 0 Å². The van der Waals surface area contributed by atoms with Gasteiger partial charge in [-0.2, -0.15) is 5.10 Å². The number of amides is 1. The number of nitrogens with zero attached hydrogens (tertiary/aromatic N) is 2. The van der Waals surface area contributed by atoms with Crippen molar-refractivity contribution in [2.24, 2.45) is 5.10 Å². The molecular formula is C21H21N3O4. The number of benzene rings is 2. The quantitative estimate of drug-likeness (QED) is 0.468. The summed E-state index contributed by atoms with van der Waals surface area (Å²) in [6.07, 6.45) is 1.30. The number of aromatic hydroxyl groups is 2. The second-order valence-corrected chi connectivity index (χ2v) is 6.25. The summed E-state index contributed by atoms with van der Waals surface area (Å²) in [7, 11) is 1.45. The summed E-state index contributed by atoms with van der Waals surface area (Å²) in [4.78, 5) is 12.3. The first-order valence-corrected chi connectivity index (χ1v) is 8.60. The SMILES string of the molecule is COc1cccc(C=NNC(=O)c2ccc(-n3c(C)ccc3C)cc2O)c1O. The van der Waals surface area contributed by atoms with Gasteiger partial charge in [0.1, 0.15) is 5.75 Å². The maximum atomic E-state index is 12.3. The van der Waals surface area contributed by atoms with Crippen LogP contribution in [0.15, 0.2) is 53.6 Å². The Balaban J connectivity index is 1.77. The third-order valence-electron chi connectivity index (χ3n) is 4.38. The van der Waals surface area contributed by atoms with Crippen molar-refractivity contribution in [3.63, 3.8) is 0 Å². The average Bonchev–Trinajstić information content (AvgIpc) is 3.01. The number of rotatable bonds is 5. The lowest BCUT2D eigenvalue weighted by atomic mass is 10.1. The van der Waals surface area contributed by atoms with Crippen LogP contribution in [0.3, 0.4) is 0 Å². The maximum absolute atomic E-state index is 12.3. The first-order chi connectivity index (χ1) is 13.4. The van der Waals surface area contributed by atoms with Crippen molar-refractivity contribution in [3.8, 4) is 22.9 Å². The van der Waals surface area contributed by atoms with Crippen LogP contribution in [0.5, 0.6) is 17.2 Å². The highest BCUT2D eigenvalue weighted by Gasteiger charge is 2.13. The molecule has 0 spiro atoms. The number of hydrogen-bond acceptors (Lipinski definition) is 5. The molecule has 0 aliphatic carbocycles. The van der Waals surface area contributed by atoms with Crippen LogP contribution in [-0.4, -0.2) is 34.0 Å². The van der Waals surface area contributed by atoms with E-state index in [1.54, 1.807) is 24.3 Å². The molecule has 7 nitrogen and oxygen atoms in total. The second kappa shape index (κ2) is 7.87. The number of carbonyl (C=O) groups is 1. The van der Waals surface area contributed by atoms with Crippen molar-refractivity contribution >= 4 is 12.1 Å². The standard InChI is InChI=1S/C21H21N3O4/c1-13-7-8-14(2)24(13)16-9-10-17(18(25)11-16)21(27)23-22-12-15-5-4-6-19(28-3)20(15)26/h4-12,25-26H,1-3H3,(H,23,27). The molecule has 1 heterocycles. The van der Waals surface area contributed by atoms with Gasteiger partial charge in [0.15, 0.2) is 11.5 Å². The summed E-state index contributed by atoms with van der Waals surface area (Å²) in [6.45, 7) is 3.93. The zero-order valence-corrected chi connectivity index (χ0v) is 15.8. The predicted molar refractivity (Wildman–Crippen MR) is 107 cm³/mol. The summed E-state index contributed by atoms with van der Waals surface area (Å²) in [5.74, 6) is -0.489. The molecule has 3 aromatic rings. The fraction of sp³-hybridized carbons (Fsp3) is 0.143. The molecular weight excluding hydrogens is 358 g/mol. The van der Waals surface area contributed by atoms with Crippen molar-refractivity contribution in [1.29, 1.82) is 0 Å². The van der Waals surface area contributed by atoms with Crippen molar-refractivity contribution < 1.29 is 19.7 Å². The minimum Gasteiger partial charge on any atom is -0.507 e. The molecule has 28 heavy (non-hydrogen) atoms. The Labute approximate surface area is 162 Å². The van der Waals surface area contributed by atoms with E-state index in [0.29, 0.717) is 11.3 Å². The second-order valence-electron chi connectivity index (χ2n) is 6.25. The Kier molecular flexibility index (Phi) is 5.35. The van der Waals surface area contributed by atoms with E-state index in [4.69, 9.17) is 4.74 Å². The summed E-state index contributed by atoms with van der Waals surface area (Å²) in [6, 6.07) is 13.7. The van der Waals surface area contributed by atoms with Crippen LogP contribution in [0.25, 0.3) is 5.69 Å². The summed E-state index contributed by atoms with van der Waals surface area (Å²) in [5.41, 5.74) is 5.64. The Bertz CT molecular complexity index is 1030. The lowest BCUT2D eigenvalue weighted by molar-refractivity contribution is 0.0952. The van der Waals surface area contributed by atoms with E-state index in [-0.39, 0.29) is 17.1 Å². The number of para-hydroxylation sites is 1. The number of hydrazone groups is 1. The lowest BCUT2D eigenvalue weighted by Gasteiger charge is -2.11. The van der Waals surface area contributed by atoms with E-state index in [9.17, 15) is 15.0 Å². The van der Waals surface area contributed by atoms with Crippen LogP contribution in [0, 0.1) is 13.8 Å². The first kappa shape index (κ1) is 19.0. The molecule has 0 aliphatic heterocycles. The normalized spacial score (nSPS) is 11.0. The van der Waals surface area contributed by atoms with Crippen LogP contribution in [0.1, 0.15) is 27.3 Å². The summed E-state index contributed by atoms with van der Waals surface area (Å²) < 4.78 is 7.00.